The minimum atomic E-state index is 0.0440. The van der Waals surface area contributed by atoms with Crippen LogP contribution in [0.4, 0.5) is 4.79 Å². The second-order valence-electron chi connectivity index (χ2n) is 8.04. The summed E-state index contributed by atoms with van der Waals surface area (Å²) in [7, 11) is 3.54. The fraction of sp³-hybridized carbons (Fsp3) is 0.895. The second kappa shape index (κ2) is 9.41. The van der Waals surface area contributed by atoms with Crippen molar-refractivity contribution in [3.8, 4) is 0 Å². The van der Waals surface area contributed by atoms with E-state index in [2.05, 4.69) is 13.8 Å². The Balaban J connectivity index is 1.77. The molecule has 0 bridgehead atoms. The monoisotopic (exact) mass is 353 g/mol. The lowest BCUT2D eigenvalue weighted by molar-refractivity contribution is -0.144. The number of carbonyl (C=O) groups excluding carboxylic acids is 2. The zero-order valence-electron chi connectivity index (χ0n) is 16.4. The third-order valence-electron chi connectivity index (χ3n) is 5.26. The van der Waals surface area contributed by atoms with Crippen LogP contribution in [0, 0.1) is 11.8 Å². The van der Waals surface area contributed by atoms with Gasteiger partial charge in [0.2, 0.25) is 5.91 Å². The molecule has 0 spiro atoms. The molecule has 6 nitrogen and oxygen atoms in total. The molecule has 0 saturated carbocycles. The number of hydrogen-bond donors (Lipinski definition) is 0. The highest BCUT2D eigenvalue weighted by Gasteiger charge is 2.32. The maximum Gasteiger partial charge on any atom is 0.319 e. The van der Waals surface area contributed by atoms with Crippen molar-refractivity contribution in [1.82, 2.24) is 14.7 Å². The van der Waals surface area contributed by atoms with Gasteiger partial charge in [0, 0.05) is 46.2 Å². The molecule has 6 heteroatoms. The SMILES string of the molecule is CC(C)CCC[C@H]1CN(C(=O)C2CCN(C(=O)N(C)C)CC2)CCO1. The normalized spacial score (nSPS) is 22.4. The Kier molecular flexibility index (Phi) is 7.54. The van der Waals surface area contributed by atoms with Crippen LogP contribution in [-0.2, 0) is 9.53 Å². The van der Waals surface area contributed by atoms with Gasteiger partial charge in [-0.2, -0.15) is 0 Å². The lowest BCUT2D eigenvalue weighted by Gasteiger charge is -2.38. The smallest absolute Gasteiger partial charge is 0.319 e. The highest BCUT2D eigenvalue weighted by Crippen LogP contribution is 2.22. The van der Waals surface area contributed by atoms with Crippen molar-refractivity contribution in [2.45, 2.75) is 52.1 Å². The largest absolute Gasteiger partial charge is 0.375 e. The lowest BCUT2D eigenvalue weighted by atomic mass is 9.94. The van der Waals surface area contributed by atoms with E-state index in [9.17, 15) is 9.59 Å². The summed E-state index contributed by atoms with van der Waals surface area (Å²) >= 11 is 0. The number of ether oxygens (including phenoxy) is 1. The summed E-state index contributed by atoms with van der Waals surface area (Å²) in [6, 6.07) is 0.0440. The Labute approximate surface area is 152 Å². The van der Waals surface area contributed by atoms with E-state index in [1.807, 2.05) is 9.80 Å². The molecule has 3 amide bonds. The number of piperidine rings is 1. The highest BCUT2D eigenvalue weighted by atomic mass is 16.5. The fourth-order valence-corrected chi connectivity index (χ4v) is 3.71. The molecule has 1 atom stereocenters. The molecule has 2 aliphatic rings. The van der Waals surface area contributed by atoms with Gasteiger partial charge in [0.15, 0.2) is 0 Å². The average Bonchev–Trinajstić information content (AvgIpc) is 2.60. The Bertz CT molecular complexity index is 445. The van der Waals surface area contributed by atoms with E-state index in [0.717, 1.165) is 38.1 Å². The summed E-state index contributed by atoms with van der Waals surface area (Å²) in [6.07, 6.45) is 5.15. The Morgan fingerprint density at radius 3 is 2.40 bits per heavy atom. The van der Waals surface area contributed by atoms with Crippen LogP contribution in [0.25, 0.3) is 0 Å². The Morgan fingerprint density at radius 1 is 1.12 bits per heavy atom. The van der Waals surface area contributed by atoms with Gasteiger partial charge in [-0.3, -0.25) is 4.79 Å². The van der Waals surface area contributed by atoms with Gasteiger partial charge in [-0.15, -0.1) is 0 Å². The van der Waals surface area contributed by atoms with E-state index in [0.29, 0.717) is 26.2 Å². The van der Waals surface area contributed by atoms with Crippen molar-refractivity contribution in [3.05, 3.63) is 0 Å². The van der Waals surface area contributed by atoms with Crippen molar-refractivity contribution < 1.29 is 14.3 Å². The quantitative estimate of drug-likeness (QED) is 0.763. The van der Waals surface area contributed by atoms with Crippen LogP contribution in [0.5, 0.6) is 0 Å². The predicted octanol–water partition coefficient (Wildman–Crippen LogP) is 2.43. The molecule has 2 saturated heterocycles. The summed E-state index contributed by atoms with van der Waals surface area (Å²) in [6.45, 7) is 7.92. The first kappa shape index (κ1) is 20.0. The van der Waals surface area contributed by atoms with Crippen LogP contribution in [0.15, 0.2) is 0 Å². The maximum atomic E-state index is 12.8. The molecule has 0 N–H and O–H groups in total. The molecule has 0 unspecified atom stereocenters. The van der Waals surface area contributed by atoms with Crippen molar-refractivity contribution >= 4 is 11.9 Å². The molecule has 0 aliphatic carbocycles. The van der Waals surface area contributed by atoms with Crippen LogP contribution in [0.1, 0.15) is 46.0 Å². The summed E-state index contributed by atoms with van der Waals surface area (Å²) in [5, 5.41) is 0. The van der Waals surface area contributed by atoms with Crippen LogP contribution < -0.4 is 0 Å². The van der Waals surface area contributed by atoms with Crippen molar-refractivity contribution in [1.29, 1.82) is 0 Å². The zero-order valence-corrected chi connectivity index (χ0v) is 16.4. The molecule has 25 heavy (non-hydrogen) atoms. The van der Waals surface area contributed by atoms with E-state index in [4.69, 9.17) is 4.74 Å². The van der Waals surface area contributed by atoms with Gasteiger partial charge in [0.25, 0.3) is 0 Å². The van der Waals surface area contributed by atoms with Crippen LogP contribution in [0.2, 0.25) is 0 Å². The zero-order chi connectivity index (χ0) is 18.4. The van der Waals surface area contributed by atoms with E-state index in [1.165, 1.54) is 6.42 Å². The van der Waals surface area contributed by atoms with Gasteiger partial charge in [0.1, 0.15) is 0 Å². The minimum absolute atomic E-state index is 0.0440. The molecule has 0 aromatic rings. The number of likely N-dealkylation sites (tertiary alicyclic amines) is 1. The van der Waals surface area contributed by atoms with E-state index in [-0.39, 0.29) is 24.0 Å². The molecule has 2 rings (SSSR count). The summed E-state index contributed by atoms with van der Waals surface area (Å²) in [5.74, 6) is 1.03. The van der Waals surface area contributed by atoms with Gasteiger partial charge in [-0.25, -0.2) is 4.79 Å². The second-order valence-corrected chi connectivity index (χ2v) is 8.04. The summed E-state index contributed by atoms with van der Waals surface area (Å²) in [5.41, 5.74) is 0. The molecule has 2 aliphatic heterocycles. The minimum Gasteiger partial charge on any atom is -0.375 e. The standard InChI is InChI=1S/C19H35N3O3/c1-15(2)6-5-7-17-14-22(12-13-25-17)18(23)16-8-10-21(11-9-16)19(24)20(3)4/h15-17H,5-14H2,1-4H3/t17-/m0/s1. The Hall–Kier alpha value is -1.30. The van der Waals surface area contributed by atoms with Crippen molar-refractivity contribution in [3.63, 3.8) is 0 Å². The topological polar surface area (TPSA) is 53.1 Å². The molecule has 2 heterocycles. The van der Waals surface area contributed by atoms with Gasteiger partial charge in [-0.1, -0.05) is 26.7 Å². The number of rotatable bonds is 5. The molecule has 0 aromatic heterocycles. The summed E-state index contributed by atoms with van der Waals surface area (Å²) in [4.78, 5) is 30.3. The molecule has 0 aromatic carbocycles. The molecular formula is C19H35N3O3. The van der Waals surface area contributed by atoms with Gasteiger partial charge in [0.05, 0.1) is 12.7 Å². The average molecular weight is 354 g/mol. The third-order valence-corrected chi connectivity index (χ3v) is 5.26. The number of morpholine rings is 1. The number of carbonyl (C=O) groups is 2. The predicted molar refractivity (Wildman–Crippen MR) is 98.4 cm³/mol. The van der Waals surface area contributed by atoms with Crippen LogP contribution >= 0.6 is 0 Å². The third kappa shape index (κ3) is 5.87. The lowest BCUT2D eigenvalue weighted by Crippen LogP contribution is -2.51. The van der Waals surface area contributed by atoms with E-state index in [1.54, 1.807) is 19.0 Å². The van der Waals surface area contributed by atoms with Crippen LogP contribution in [0.3, 0.4) is 0 Å². The number of nitrogens with zero attached hydrogens (tertiary/aromatic N) is 3. The van der Waals surface area contributed by atoms with E-state index < -0.39 is 0 Å². The van der Waals surface area contributed by atoms with Crippen molar-refractivity contribution in [2.24, 2.45) is 11.8 Å². The van der Waals surface area contributed by atoms with Gasteiger partial charge < -0.3 is 19.4 Å². The van der Waals surface area contributed by atoms with Gasteiger partial charge >= 0.3 is 6.03 Å². The first-order valence-corrected chi connectivity index (χ1v) is 9.75. The van der Waals surface area contributed by atoms with E-state index >= 15 is 0 Å². The van der Waals surface area contributed by atoms with Crippen molar-refractivity contribution in [2.75, 3.05) is 46.9 Å². The number of amides is 3. The number of hydrogen-bond acceptors (Lipinski definition) is 3. The highest BCUT2D eigenvalue weighted by molar-refractivity contribution is 5.80. The summed E-state index contributed by atoms with van der Waals surface area (Å²) < 4.78 is 5.85. The molecule has 144 valence electrons. The molecule has 2 fully saturated rings. The first-order chi connectivity index (χ1) is 11.9. The van der Waals surface area contributed by atoms with Crippen LogP contribution in [-0.4, -0.2) is 79.6 Å². The fourth-order valence-electron chi connectivity index (χ4n) is 3.71. The first-order valence-electron chi connectivity index (χ1n) is 9.75. The Morgan fingerprint density at radius 2 is 1.80 bits per heavy atom. The number of urea groups is 1. The van der Waals surface area contributed by atoms with Gasteiger partial charge in [-0.05, 0) is 25.2 Å². The maximum absolute atomic E-state index is 12.8. The molecule has 0 radical (unpaired) electrons. The molecular weight excluding hydrogens is 318 g/mol.